The molecule has 2 aromatic carbocycles. The van der Waals surface area contributed by atoms with Crippen LogP contribution in [0.5, 0.6) is 5.75 Å². The number of amides is 2. The van der Waals surface area contributed by atoms with Crippen LogP contribution in [0.2, 0.25) is 5.02 Å². The molecule has 0 saturated heterocycles. The van der Waals surface area contributed by atoms with Crippen LogP contribution in [0.3, 0.4) is 0 Å². The first-order valence-corrected chi connectivity index (χ1v) is 9.63. The summed E-state index contributed by atoms with van der Waals surface area (Å²) in [5.41, 5.74) is 0.420. The minimum atomic E-state index is -4.04. The number of nitrogens with two attached hydrogens (primary N) is 1. The van der Waals surface area contributed by atoms with Gasteiger partial charge in [0.15, 0.2) is 0 Å². The van der Waals surface area contributed by atoms with Crippen LogP contribution in [0, 0.1) is 0 Å². The lowest BCUT2D eigenvalue weighted by molar-refractivity contribution is -0.117. The van der Waals surface area contributed by atoms with E-state index in [0.29, 0.717) is 0 Å². The van der Waals surface area contributed by atoms with E-state index in [4.69, 9.17) is 21.5 Å². The fourth-order valence-electron chi connectivity index (χ4n) is 2.21. The first kappa shape index (κ1) is 20.7. The van der Waals surface area contributed by atoms with Crippen molar-refractivity contribution in [3.05, 3.63) is 53.1 Å². The number of primary sulfonamides is 1. The maximum atomic E-state index is 12.3. The molecule has 0 heterocycles. The molecule has 1 atom stereocenters. The van der Waals surface area contributed by atoms with Gasteiger partial charge in [-0.15, -0.1) is 0 Å². The topological polar surface area (TPSA) is 128 Å². The van der Waals surface area contributed by atoms with Gasteiger partial charge in [-0.25, -0.2) is 13.6 Å². The third kappa shape index (κ3) is 5.19. The number of nitrogens with one attached hydrogen (secondary N) is 2. The van der Waals surface area contributed by atoms with Crippen LogP contribution < -0.4 is 20.5 Å². The van der Waals surface area contributed by atoms with Crippen molar-refractivity contribution in [1.29, 1.82) is 0 Å². The van der Waals surface area contributed by atoms with Crippen LogP contribution in [-0.4, -0.2) is 33.4 Å². The molecule has 27 heavy (non-hydrogen) atoms. The predicted octanol–water partition coefficient (Wildman–Crippen LogP) is 1.75. The maximum absolute atomic E-state index is 12.3. The quantitative estimate of drug-likeness (QED) is 0.667. The number of rotatable bonds is 6. The number of halogens is 1. The number of methoxy groups -OCH3 is 1. The highest BCUT2D eigenvalue weighted by molar-refractivity contribution is 7.89. The van der Waals surface area contributed by atoms with Crippen molar-refractivity contribution >= 4 is 39.1 Å². The molecule has 144 valence electrons. The minimum absolute atomic E-state index is 0.0515. The predicted molar refractivity (Wildman–Crippen MR) is 101 cm³/mol. The Balaban J connectivity index is 2.13. The van der Waals surface area contributed by atoms with Crippen molar-refractivity contribution in [3.8, 4) is 5.75 Å². The van der Waals surface area contributed by atoms with Crippen molar-refractivity contribution in [2.45, 2.75) is 17.9 Å². The van der Waals surface area contributed by atoms with Gasteiger partial charge < -0.3 is 15.4 Å². The van der Waals surface area contributed by atoms with Crippen LogP contribution in [0.25, 0.3) is 0 Å². The Morgan fingerprint density at radius 3 is 2.44 bits per heavy atom. The Morgan fingerprint density at radius 1 is 1.19 bits per heavy atom. The van der Waals surface area contributed by atoms with Crippen LogP contribution in [0.1, 0.15) is 17.3 Å². The molecule has 0 saturated carbocycles. The zero-order valence-corrected chi connectivity index (χ0v) is 16.1. The normalized spacial score (nSPS) is 12.1. The number of sulfonamides is 1. The van der Waals surface area contributed by atoms with E-state index in [1.807, 2.05) is 0 Å². The summed E-state index contributed by atoms with van der Waals surface area (Å²) in [5, 5.41) is 10.4. The number of carbonyl (C=O) groups excluding carboxylic acids is 2. The van der Waals surface area contributed by atoms with Gasteiger partial charge in [0.25, 0.3) is 5.91 Å². The lowest BCUT2D eigenvalue weighted by Crippen LogP contribution is -2.41. The van der Waals surface area contributed by atoms with Gasteiger partial charge in [0.2, 0.25) is 15.9 Å². The van der Waals surface area contributed by atoms with Gasteiger partial charge in [-0.05, 0) is 37.3 Å². The second kappa shape index (κ2) is 8.38. The SMILES string of the molecule is COc1ccc(NC(=O)[C@H](C)NC(=O)c2ccccc2Cl)cc1S(N)(=O)=O. The summed E-state index contributed by atoms with van der Waals surface area (Å²) >= 11 is 5.96. The molecule has 4 N–H and O–H groups in total. The smallest absolute Gasteiger partial charge is 0.253 e. The monoisotopic (exact) mass is 411 g/mol. The lowest BCUT2D eigenvalue weighted by atomic mass is 10.2. The average molecular weight is 412 g/mol. The van der Waals surface area contributed by atoms with E-state index >= 15 is 0 Å². The van der Waals surface area contributed by atoms with Gasteiger partial charge in [0.05, 0.1) is 17.7 Å². The van der Waals surface area contributed by atoms with Crippen molar-refractivity contribution < 1.29 is 22.7 Å². The molecule has 0 fully saturated rings. The fourth-order valence-corrected chi connectivity index (χ4v) is 3.16. The summed E-state index contributed by atoms with van der Waals surface area (Å²) in [7, 11) is -2.74. The van der Waals surface area contributed by atoms with E-state index in [2.05, 4.69) is 10.6 Å². The van der Waals surface area contributed by atoms with Crippen molar-refractivity contribution in [3.63, 3.8) is 0 Å². The molecule has 2 rings (SSSR count). The molecule has 0 unspecified atom stereocenters. The summed E-state index contributed by atoms with van der Waals surface area (Å²) in [5.74, 6) is -1.01. The summed E-state index contributed by atoms with van der Waals surface area (Å²) in [6.45, 7) is 1.48. The molecule has 0 spiro atoms. The minimum Gasteiger partial charge on any atom is -0.495 e. The van der Waals surface area contributed by atoms with Gasteiger partial charge in [-0.3, -0.25) is 9.59 Å². The largest absolute Gasteiger partial charge is 0.495 e. The summed E-state index contributed by atoms with van der Waals surface area (Å²) in [4.78, 5) is 24.3. The standard InChI is InChI=1S/C17H18ClN3O5S/c1-10(20-17(23)12-5-3-4-6-13(12)18)16(22)21-11-7-8-14(26-2)15(9-11)27(19,24)25/h3-10H,1-2H3,(H,20,23)(H,21,22)(H2,19,24,25)/t10-/m0/s1. The third-order valence-corrected chi connectivity index (χ3v) is 4.86. The lowest BCUT2D eigenvalue weighted by Gasteiger charge is -2.15. The van der Waals surface area contributed by atoms with Gasteiger partial charge in [-0.1, -0.05) is 23.7 Å². The Kier molecular flexibility index (Phi) is 6.42. The molecule has 0 bridgehead atoms. The van der Waals surface area contributed by atoms with Gasteiger partial charge in [0.1, 0.15) is 16.7 Å². The zero-order valence-electron chi connectivity index (χ0n) is 14.5. The number of benzene rings is 2. The molecule has 10 heteroatoms. The second-order valence-electron chi connectivity index (χ2n) is 5.57. The summed E-state index contributed by atoms with van der Waals surface area (Å²) < 4.78 is 28.2. The molecular weight excluding hydrogens is 394 g/mol. The van der Waals surface area contributed by atoms with Gasteiger partial charge in [-0.2, -0.15) is 0 Å². The van der Waals surface area contributed by atoms with E-state index < -0.39 is 27.9 Å². The Hall–Kier alpha value is -2.62. The van der Waals surface area contributed by atoms with Crippen LogP contribution in [0.4, 0.5) is 5.69 Å². The average Bonchev–Trinajstić information content (AvgIpc) is 2.61. The first-order chi connectivity index (χ1) is 12.6. The molecule has 0 radical (unpaired) electrons. The molecule has 0 aliphatic heterocycles. The number of hydrogen-bond acceptors (Lipinski definition) is 5. The number of hydrogen-bond donors (Lipinski definition) is 3. The van der Waals surface area contributed by atoms with E-state index in [-0.39, 0.29) is 26.9 Å². The Labute approximate surface area is 161 Å². The molecule has 2 aromatic rings. The van der Waals surface area contributed by atoms with Crippen LogP contribution in [0.15, 0.2) is 47.4 Å². The first-order valence-electron chi connectivity index (χ1n) is 7.70. The fraction of sp³-hybridized carbons (Fsp3) is 0.176. The third-order valence-electron chi connectivity index (χ3n) is 3.60. The summed E-state index contributed by atoms with van der Waals surface area (Å²) in [6.07, 6.45) is 0. The summed E-state index contributed by atoms with van der Waals surface area (Å²) in [6, 6.07) is 9.51. The second-order valence-corrected chi connectivity index (χ2v) is 7.51. The number of carbonyl (C=O) groups is 2. The Bertz CT molecular complexity index is 978. The Morgan fingerprint density at radius 2 is 1.85 bits per heavy atom. The zero-order chi connectivity index (χ0) is 20.2. The highest BCUT2D eigenvalue weighted by Gasteiger charge is 2.20. The van der Waals surface area contributed by atoms with Crippen LogP contribution >= 0.6 is 11.6 Å². The molecular formula is C17H18ClN3O5S. The van der Waals surface area contributed by atoms with Gasteiger partial charge >= 0.3 is 0 Å². The molecule has 0 aliphatic rings. The van der Waals surface area contributed by atoms with Gasteiger partial charge in [0, 0.05) is 5.69 Å². The van der Waals surface area contributed by atoms with Crippen molar-refractivity contribution in [2.75, 3.05) is 12.4 Å². The molecule has 0 aliphatic carbocycles. The number of ether oxygens (including phenoxy) is 1. The number of anilines is 1. The van der Waals surface area contributed by atoms with E-state index in [9.17, 15) is 18.0 Å². The van der Waals surface area contributed by atoms with E-state index in [1.165, 1.54) is 38.3 Å². The molecule has 8 nitrogen and oxygen atoms in total. The van der Waals surface area contributed by atoms with E-state index in [0.717, 1.165) is 0 Å². The molecule has 0 aromatic heterocycles. The maximum Gasteiger partial charge on any atom is 0.253 e. The van der Waals surface area contributed by atoms with E-state index in [1.54, 1.807) is 18.2 Å². The van der Waals surface area contributed by atoms with Crippen LogP contribution in [-0.2, 0) is 14.8 Å². The highest BCUT2D eigenvalue weighted by Crippen LogP contribution is 2.26. The highest BCUT2D eigenvalue weighted by atomic mass is 35.5. The van der Waals surface area contributed by atoms with Crippen molar-refractivity contribution in [2.24, 2.45) is 5.14 Å². The van der Waals surface area contributed by atoms with Crippen molar-refractivity contribution in [1.82, 2.24) is 5.32 Å². The molecule has 2 amide bonds.